The van der Waals surface area contributed by atoms with Crippen molar-refractivity contribution in [1.82, 2.24) is 0 Å². The van der Waals surface area contributed by atoms with Gasteiger partial charge in [-0.15, -0.1) is 0 Å². The molecule has 0 aliphatic carbocycles. The minimum Gasteiger partial charge on any atom is -0.481 e. The highest BCUT2D eigenvalue weighted by Gasteiger charge is 2.17. The van der Waals surface area contributed by atoms with Crippen LogP contribution in [0.25, 0.3) is 0 Å². The highest BCUT2D eigenvalue weighted by atomic mass is 16.5. The van der Waals surface area contributed by atoms with Gasteiger partial charge < -0.3 is 9.84 Å². The molecule has 0 radical (unpaired) electrons. The molecule has 0 rings (SSSR count). The van der Waals surface area contributed by atoms with Gasteiger partial charge in [0.1, 0.15) is 0 Å². The van der Waals surface area contributed by atoms with E-state index in [9.17, 15) is 9.59 Å². The second-order valence-corrected chi connectivity index (χ2v) is 4.91. The van der Waals surface area contributed by atoms with Crippen LogP contribution in [0.4, 0.5) is 0 Å². The number of carboxylic acids is 1. The third-order valence-electron chi connectivity index (χ3n) is 2.55. The molecule has 0 fully saturated rings. The molecular formula is C13H24O4. The number of ether oxygens (including phenoxy) is 1. The van der Waals surface area contributed by atoms with Crippen LogP contribution in [-0.4, -0.2) is 23.7 Å². The lowest BCUT2D eigenvalue weighted by atomic mass is 10.1. The van der Waals surface area contributed by atoms with Crippen molar-refractivity contribution in [3.05, 3.63) is 0 Å². The summed E-state index contributed by atoms with van der Waals surface area (Å²) < 4.78 is 5.01. The minimum absolute atomic E-state index is 0.161. The van der Waals surface area contributed by atoms with E-state index in [4.69, 9.17) is 9.84 Å². The molecule has 4 nitrogen and oxygen atoms in total. The Morgan fingerprint density at radius 2 is 1.76 bits per heavy atom. The van der Waals surface area contributed by atoms with Gasteiger partial charge in [0.2, 0.25) is 0 Å². The first-order chi connectivity index (χ1) is 7.93. The molecule has 0 amide bonds. The summed E-state index contributed by atoms with van der Waals surface area (Å²) in [5.41, 5.74) is 0. The van der Waals surface area contributed by atoms with Crippen LogP contribution in [0.3, 0.4) is 0 Å². The fourth-order valence-corrected chi connectivity index (χ4v) is 1.49. The van der Waals surface area contributed by atoms with Crippen LogP contribution in [0.2, 0.25) is 0 Å². The zero-order valence-corrected chi connectivity index (χ0v) is 11.1. The Hall–Kier alpha value is -1.06. The molecule has 0 spiro atoms. The average molecular weight is 244 g/mol. The molecule has 100 valence electrons. The molecule has 1 unspecified atom stereocenters. The third-order valence-corrected chi connectivity index (χ3v) is 2.55. The van der Waals surface area contributed by atoms with Crippen molar-refractivity contribution in [2.45, 2.75) is 52.9 Å². The molecule has 0 aromatic rings. The van der Waals surface area contributed by atoms with E-state index in [0.29, 0.717) is 12.5 Å². The van der Waals surface area contributed by atoms with Crippen molar-refractivity contribution in [3.63, 3.8) is 0 Å². The number of carboxylic acid groups (broad SMARTS) is 1. The predicted octanol–water partition coefficient (Wildman–Crippen LogP) is 2.86. The minimum atomic E-state index is -0.966. The molecule has 0 saturated heterocycles. The van der Waals surface area contributed by atoms with E-state index < -0.39 is 17.9 Å². The van der Waals surface area contributed by atoms with Crippen molar-refractivity contribution in [3.8, 4) is 0 Å². The van der Waals surface area contributed by atoms with Crippen LogP contribution in [0.5, 0.6) is 0 Å². The number of hydrogen-bond donors (Lipinski definition) is 1. The Bertz CT molecular complexity index is 236. The molecule has 0 aliphatic rings. The normalized spacial score (nSPS) is 12.5. The quantitative estimate of drug-likeness (QED) is 0.500. The van der Waals surface area contributed by atoms with Crippen LogP contribution in [0, 0.1) is 11.8 Å². The fraction of sp³-hybridized carbons (Fsp3) is 0.846. The summed E-state index contributed by atoms with van der Waals surface area (Å²) in [4.78, 5) is 21.7. The Morgan fingerprint density at radius 1 is 1.12 bits per heavy atom. The number of rotatable bonds is 9. The standard InChI is InChI=1S/C13H24O4/c1-10(2)7-5-4-6-8-17-13(16)11(3)9-12(14)15/h10-11H,4-9H2,1-3H3,(H,14,15). The molecule has 0 aromatic heterocycles. The lowest BCUT2D eigenvalue weighted by molar-refractivity contribution is -0.152. The van der Waals surface area contributed by atoms with Crippen molar-refractivity contribution >= 4 is 11.9 Å². The lowest BCUT2D eigenvalue weighted by Crippen LogP contribution is -2.18. The zero-order chi connectivity index (χ0) is 13.3. The van der Waals surface area contributed by atoms with E-state index >= 15 is 0 Å². The summed E-state index contributed by atoms with van der Waals surface area (Å²) in [6.45, 7) is 6.36. The van der Waals surface area contributed by atoms with Gasteiger partial charge in [-0.2, -0.15) is 0 Å². The largest absolute Gasteiger partial charge is 0.481 e. The summed E-state index contributed by atoms with van der Waals surface area (Å²) in [6, 6.07) is 0. The first-order valence-electron chi connectivity index (χ1n) is 6.32. The van der Waals surface area contributed by atoms with Gasteiger partial charge in [-0.1, -0.05) is 40.0 Å². The van der Waals surface area contributed by atoms with E-state index in [0.717, 1.165) is 19.3 Å². The van der Waals surface area contributed by atoms with Crippen LogP contribution in [-0.2, 0) is 14.3 Å². The maximum absolute atomic E-state index is 11.3. The number of esters is 1. The summed E-state index contributed by atoms with van der Waals surface area (Å²) >= 11 is 0. The third kappa shape index (κ3) is 9.85. The Balaban J connectivity index is 3.48. The molecule has 0 bridgehead atoms. The highest BCUT2D eigenvalue weighted by molar-refractivity contribution is 5.78. The number of unbranched alkanes of at least 4 members (excludes halogenated alkanes) is 2. The molecule has 0 aliphatic heterocycles. The smallest absolute Gasteiger partial charge is 0.309 e. The van der Waals surface area contributed by atoms with E-state index in [2.05, 4.69) is 13.8 Å². The predicted molar refractivity (Wildman–Crippen MR) is 65.7 cm³/mol. The molecule has 4 heteroatoms. The molecule has 0 heterocycles. The topological polar surface area (TPSA) is 63.6 Å². The summed E-state index contributed by atoms with van der Waals surface area (Å²) in [7, 11) is 0. The first kappa shape index (κ1) is 15.9. The van der Waals surface area contributed by atoms with Gasteiger partial charge in [-0.05, 0) is 12.3 Å². The fourth-order valence-electron chi connectivity index (χ4n) is 1.49. The second kappa shape index (κ2) is 9.02. The maximum atomic E-state index is 11.3. The molecule has 1 N–H and O–H groups in total. The summed E-state index contributed by atoms with van der Waals surface area (Å²) in [5.74, 6) is -1.21. The second-order valence-electron chi connectivity index (χ2n) is 4.91. The zero-order valence-electron chi connectivity index (χ0n) is 11.1. The van der Waals surface area contributed by atoms with Gasteiger partial charge in [0, 0.05) is 0 Å². The molecular weight excluding hydrogens is 220 g/mol. The Labute approximate surface area is 103 Å². The lowest BCUT2D eigenvalue weighted by Gasteiger charge is -2.09. The Morgan fingerprint density at radius 3 is 2.29 bits per heavy atom. The first-order valence-corrected chi connectivity index (χ1v) is 6.32. The number of aliphatic carboxylic acids is 1. The average Bonchev–Trinajstić information content (AvgIpc) is 2.21. The van der Waals surface area contributed by atoms with Gasteiger partial charge in [-0.25, -0.2) is 0 Å². The molecule has 0 aromatic carbocycles. The summed E-state index contributed by atoms with van der Waals surface area (Å²) in [6.07, 6.45) is 4.10. The monoisotopic (exact) mass is 244 g/mol. The van der Waals surface area contributed by atoms with E-state index in [1.807, 2.05) is 0 Å². The van der Waals surface area contributed by atoms with Crippen LogP contribution in [0.1, 0.15) is 52.9 Å². The van der Waals surface area contributed by atoms with Crippen molar-refractivity contribution in [1.29, 1.82) is 0 Å². The van der Waals surface area contributed by atoms with Gasteiger partial charge in [-0.3, -0.25) is 9.59 Å². The molecule has 1 atom stereocenters. The van der Waals surface area contributed by atoms with E-state index in [-0.39, 0.29) is 6.42 Å². The van der Waals surface area contributed by atoms with Crippen LogP contribution in [0.15, 0.2) is 0 Å². The molecule has 0 saturated carbocycles. The maximum Gasteiger partial charge on any atom is 0.309 e. The highest BCUT2D eigenvalue weighted by Crippen LogP contribution is 2.09. The van der Waals surface area contributed by atoms with Gasteiger partial charge in [0.25, 0.3) is 0 Å². The SMILES string of the molecule is CC(C)CCCCCOC(=O)C(C)CC(=O)O. The van der Waals surface area contributed by atoms with Crippen molar-refractivity contribution in [2.75, 3.05) is 6.61 Å². The van der Waals surface area contributed by atoms with Gasteiger partial charge >= 0.3 is 11.9 Å². The van der Waals surface area contributed by atoms with Crippen LogP contribution >= 0.6 is 0 Å². The number of hydrogen-bond acceptors (Lipinski definition) is 3. The Kier molecular flexibility index (Phi) is 8.46. The summed E-state index contributed by atoms with van der Waals surface area (Å²) in [5, 5.41) is 8.52. The van der Waals surface area contributed by atoms with E-state index in [1.165, 1.54) is 6.42 Å². The van der Waals surface area contributed by atoms with Gasteiger partial charge in [0.05, 0.1) is 18.9 Å². The van der Waals surface area contributed by atoms with Gasteiger partial charge in [0.15, 0.2) is 0 Å². The van der Waals surface area contributed by atoms with Crippen molar-refractivity contribution < 1.29 is 19.4 Å². The van der Waals surface area contributed by atoms with E-state index in [1.54, 1.807) is 6.92 Å². The van der Waals surface area contributed by atoms with Crippen molar-refractivity contribution in [2.24, 2.45) is 11.8 Å². The number of carbonyl (C=O) groups is 2. The van der Waals surface area contributed by atoms with Crippen LogP contribution < -0.4 is 0 Å². The number of carbonyl (C=O) groups excluding carboxylic acids is 1. The molecule has 17 heavy (non-hydrogen) atoms.